The van der Waals surface area contributed by atoms with Crippen molar-refractivity contribution in [1.29, 1.82) is 0 Å². The first-order chi connectivity index (χ1) is 8.27. The molecule has 1 heterocycles. The van der Waals surface area contributed by atoms with Gasteiger partial charge in [-0.2, -0.15) is 0 Å². The Morgan fingerprint density at radius 3 is 2.59 bits per heavy atom. The molecule has 0 aliphatic heterocycles. The van der Waals surface area contributed by atoms with E-state index in [1.54, 1.807) is 0 Å². The van der Waals surface area contributed by atoms with Gasteiger partial charge in [-0.3, -0.25) is 9.78 Å². The second-order valence-electron chi connectivity index (χ2n) is 3.14. The molecular weight excluding hydrogens is 222 g/mol. The van der Waals surface area contributed by atoms with Crippen LogP contribution in [0.4, 0.5) is 0 Å². The van der Waals surface area contributed by atoms with Crippen molar-refractivity contribution in [2.45, 2.75) is 20.1 Å². The van der Waals surface area contributed by atoms with Crippen LogP contribution >= 0.6 is 0 Å². The predicted molar refractivity (Wildman–Crippen MR) is 61.4 cm³/mol. The van der Waals surface area contributed by atoms with Crippen LogP contribution in [-0.2, 0) is 9.47 Å². The molecule has 0 unspecified atom stereocenters. The lowest BCUT2D eigenvalue weighted by Gasteiger charge is -2.17. The average molecular weight is 239 g/mol. The van der Waals surface area contributed by atoms with Gasteiger partial charge in [0.15, 0.2) is 6.29 Å². The number of amides is 1. The Labute approximate surface area is 100 Å². The average Bonchev–Trinajstić information content (AvgIpc) is 2.37. The second-order valence-corrected chi connectivity index (χ2v) is 3.14. The minimum Gasteiger partial charge on any atom is -0.351 e. The first kappa shape index (κ1) is 13.5. The van der Waals surface area contributed by atoms with Crippen LogP contribution in [0.15, 0.2) is 18.6 Å². The number of nitrogens with zero attached hydrogens (tertiary/aromatic N) is 2. The SMILES string of the molecule is CCOC(CNC(=O)c1cnccn1)OCC. The number of rotatable bonds is 7. The van der Waals surface area contributed by atoms with Crippen molar-refractivity contribution in [3.8, 4) is 0 Å². The summed E-state index contributed by atoms with van der Waals surface area (Å²) >= 11 is 0. The molecule has 1 N–H and O–H groups in total. The van der Waals surface area contributed by atoms with E-state index in [2.05, 4.69) is 15.3 Å². The van der Waals surface area contributed by atoms with E-state index in [0.29, 0.717) is 13.2 Å². The topological polar surface area (TPSA) is 73.3 Å². The molecule has 6 heteroatoms. The molecule has 0 saturated heterocycles. The Balaban J connectivity index is 2.41. The van der Waals surface area contributed by atoms with Crippen molar-refractivity contribution in [3.63, 3.8) is 0 Å². The van der Waals surface area contributed by atoms with Crippen molar-refractivity contribution in [2.75, 3.05) is 19.8 Å². The zero-order chi connectivity index (χ0) is 12.5. The smallest absolute Gasteiger partial charge is 0.271 e. The standard InChI is InChI=1S/C11H17N3O3/c1-3-16-10(17-4-2)8-14-11(15)9-7-12-5-6-13-9/h5-7,10H,3-4,8H2,1-2H3,(H,14,15). The van der Waals surface area contributed by atoms with Gasteiger partial charge in [0.05, 0.1) is 12.7 Å². The molecule has 0 aromatic carbocycles. The summed E-state index contributed by atoms with van der Waals surface area (Å²) in [6.07, 6.45) is 3.97. The van der Waals surface area contributed by atoms with Gasteiger partial charge in [-0.1, -0.05) is 0 Å². The highest BCUT2D eigenvalue weighted by Gasteiger charge is 2.11. The summed E-state index contributed by atoms with van der Waals surface area (Å²) in [7, 11) is 0. The molecule has 0 radical (unpaired) electrons. The molecule has 0 atom stereocenters. The highest BCUT2D eigenvalue weighted by molar-refractivity contribution is 5.91. The maximum atomic E-state index is 11.6. The minimum atomic E-state index is -0.425. The Morgan fingerprint density at radius 1 is 1.35 bits per heavy atom. The second kappa shape index (κ2) is 7.70. The van der Waals surface area contributed by atoms with E-state index in [1.807, 2.05) is 13.8 Å². The van der Waals surface area contributed by atoms with Crippen molar-refractivity contribution >= 4 is 5.91 Å². The van der Waals surface area contributed by atoms with E-state index in [9.17, 15) is 4.79 Å². The van der Waals surface area contributed by atoms with Crippen molar-refractivity contribution in [1.82, 2.24) is 15.3 Å². The monoisotopic (exact) mass is 239 g/mol. The summed E-state index contributed by atoms with van der Waals surface area (Å²) in [5.74, 6) is -0.289. The molecule has 1 amide bonds. The first-order valence-electron chi connectivity index (χ1n) is 5.55. The third kappa shape index (κ3) is 4.88. The third-order valence-corrected chi connectivity index (χ3v) is 1.93. The molecule has 94 valence electrons. The van der Waals surface area contributed by atoms with Gasteiger partial charge in [0.2, 0.25) is 0 Å². The molecular formula is C11H17N3O3. The summed E-state index contributed by atoms with van der Waals surface area (Å²) in [5, 5.41) is 2.68. The van der Waals surface area contributed by atoms with Crippen LogP contribution in [-0.4, -0.2) is 41.9 Å². The molecule has 0 fully saturated rings. The van der Waals surface area contributed by atoms with Gasteiger partial charge in [-0.25, -0.2) is 4.98 Å². The highest BCUT2D eigenvalue weighted by Crippen LogP contribution is 1.95. The molecule has 0 aliphatic rings. The number of carbonyl (C=O) groups excluding carboxylic acids is 1. The van der Waals surface area contributed by atoms with Crippen molar-refractivity contribution < 1.29 is 14.3 Å². The van der Waals surface area contributed by atoms with Crippen LogP contribution in [0.5, 0.6) is 0 Å². The van der Waals surface area contributed by atoms with E-state index in [-0.39, 0.29) is 18.1 Å². The largest absolute Gasteiger partial charge is 0.351 e. The van der Waals surface area contributed by atoms with Crippen LogP contribution in [0.2, 0.25) is 0 Å². The molecule has 1 aromatic rings. The van der Waals surface area contributed by atoms with Gasteiger partial charge < -0.3 is 14.8 Å². The molecule has 17 heavy (non-hydrogen) atoms. The molecule has 1 aromatic heterocycles. The van der Waals surface area contributed by atoms with Gasteiger partial charge in [0, 0.05) is 25.6 Å². The van der Waals surface area contributed by atoms with E-state index in [1.165, 1.54) is 18.6 Å². The summed E-state index contributed by atoms with van der Waals surface area (Å²) in [5.41, 5.74) is 0.277. The third-order valence-electron chi connectivity index (χ3n) is 1.93. The Morgan fingerprint density at radius 2 is 2.06 bits per heavy atom. The molecule has 6 nitrogen and oxygen atoms in total. The van der Waals surface area contributed by atoms with Gasteiger partial charge in [-0.15, -0.1) is 0 Å². The zero-order valence-electron chi connectivity index (χ0n) is 10.0. The van der Waals surface area contributed by atoms with Crippen LogP contribution < -0.4 is 5.32 Å². The van der Waals surface area contributed by atoms with Crippen molar-refractivity contribution in [3.05, 3.63) is 24.3 Å². The maximum Gasteiger partial charge on any atom is 0.271 e. The van der Waals surface area contributed by atoms with Gasteiger partial charge in [0.1, 0.15) is 5.69 Å². The number of hydrogen-bond donors (Lipinski definition) is 1. The Bertz CT molecular complexity index is 326. The lowest BCUT2D eigenvalue weighted by atomic mass is 10.4. The van der Waals surface area contributed by atoms with Crippen LogP contribution in [0.1, 0.15) is 24.3 Å². The fourth-order valence-electron chi connectivity index (χ4n) is 1.22. The van der Waals surface area contributed by atoms with E-state index in [4.69, 9.17) is 9.47 Å². The zero-order valence-corrected chi connectivity index (χ0v) is 10.0. The quantitative estimate of drug-likeness (QED) is 0.705. The highest BCUT2D eigenvalue weighted by atomic mass is 16.7. The van der Waals surface area contributed by atoms with E-state index >= 15 is 0 Å². The molecule has 1 rings (SSSR count). The Kier molecular flexibility index (Phi) is 6.13. The van der Waals surface area contributed by atoms with E-state index < -0.39 is 6.29 Å². The normalized spacial score (nSPS) is 10.5. The number of aromatic nitrogens is 2. The van der Waals surface area contributed by atoms with Gasteiger partial charge in [0.25, 0.3) is 5.91 Å². The van der Waals surface area contributed by atoms with Crippen LogP contribution in [0.3, 0.4) is 0 Å². The van der Waals surface area contributed by atoms with Crippen LogP contribution in [0.25, 0.3) is 0 Å². The summed E-state index contributed by atoms with van der Waals surface area (Å²) in [6, 6.07) is 0. The number of nitrogens with one attached hydrogen (secondary N) is 1. The maximum absolute atomic E-state index is 11.6. The predicted octanol–water partition coefficient (Wildman–Crippen LogP) is 0.605. The lowest BCUT2D eigenvalue weighted by Crippen LogP contribution is -2.35. The molecule has 0 bridgehead atoms. The fourth-order valence-corrected chi connectivity index (χ4v) is 1.22. The molecule has 0 aliphatic carbocycles. The Hall–Kier alpha value is -1.53. The fraction of sp³-hybridized carbons (Fsp3) is 0.545. The number of ether oxygens (including phenoxy) is 2. The minimum absolute atomic E-state index is 0.277. The number of carbonyl (C=O) groups is 1. The van der Waals surface area contributed by atoms with Gasteiger partial charge >= 0.3 is 0 Å². The van der Waals surface area contributed by atoms with Crippen LogP contribution in [0, 0.1) is 0 Å². The van der Waals surface area contributed by atoms with E-state index in [0.717, 1.165) is 0 Å². The lowest BCUT2D eigenvalue weighted by molar-refractivity contribution is -0.131. The van der Waals surface area contributed by atoms with Crippen molar-refractivity contribution in [2.24, 2.45) is 0 Å². The summed E-state index contributed by atoms with van der Waals surface area (Å²) in [4.78, 5) is 19.3. The molecule has 0 saturated carbocycles. The number of hydrogen-bond acceptors (Lipinski definition) is 5. The summed E-state index contributed by atoms with van der Waals surface area (Å²) in [6.45, 7) is 5.10. The summed E-state index contributed by atoms with van der Waals surface area (Å²) < 4.78 is 10.6. The van der Waals surface area contributed by atoms with Gasteiger partial charge in [-0.05, 0) is 13.8 Å². The first-order valence-corrected chi connectivity index (χ1v) is 5.55. The molecule has 0 spiro atoms.